The fourth-order valence-electron chi connectivity index (χ4n) is 4.99. The number of ether oxygens (including phenoxy) is 1. The van der Waals surface area contributed by atoms with E-state index in [0.717, 1.165) is 16.8 Å². The van der Waals surface area contributed by atoms with Gasteiger partial charge in [0.05, 0.1) is 24.4 Å². The highest BCUT2D eigenvalue weighted by Crippen LogP contribution is 2.34. The third-order valence-corrected chi connectivity index (χ3v) is 7.34. The summed E-state index contributed by atoms with van der Waals surface area (Å²) < 4.78 is 8.01. The van der Waals surface area contributed by atoms with E-state index in [1.54, 1.807) is 24.3 Å². The quantitative estimate of drug-likeness (QED) is 0.150. The minimum atomic E-state index is -1.64. The Morgan fingerprint density at radius 3 is 2.59 bits per heavy atom. The van der Waals surface area contributed by atoms with Crippen LogP contribution in [0.3, 0.4) is 0 Å². The number of nitrogens with zero attached hydrogens (tertiary/aromatic N) is 4. The van der Waals surface area contributed by atoms with E-state index in [-0.39, 0.29) is 23.7 Å². The van der Waals surface area contributed by atoms with Gasteiger partial charge in [0.1, 0.15) is 17.6 Å². The highest BCUT2D eigenvalue weighted by molar-refractivity contribution is 6.58. The van der Waals surface area contributed by atoms with E-state index < -0.39 is 13.2 Å². The first-order valence-electron chi connectivity index (χ1n) is 14.3. The monoisotopic (exact) mass is 614 g/mol. The Morgan fingerprint density at radius 2 is 1.84 bits per heavy atom. The molecule has 2 amide bonds. The predicted molar refractivity (Wildman–Crippen MR) is 168 cm³/mol. The van der Waals surface area contributed by atoms with Gasteiger partial charge in [0.25, 0.3) is 5.91 Å². The maximum atomic E-state index is 12.7. The van der Waals surface area contributed by atoms with Crippen molar-refractivity contribution in [3.8, 4) is 11.4 Å². The largest absolute Gasteiger partial charge is 0.494 e. The van der Waals surface area contributed by atoms with Gasteiger partial charge in [-0.2, -0.15) is 0 Å². The zero-order valence-electron chi connectivity index (χ0n) is 24.3. The average molecular weight is 615 g/mol. The lowest BCUT2D eigenvalue weighted by Crippen LogP contribution is -2.32. The number of aromatic nitrogens is 3. The predicted octanol–water partition coefficient (Wildman–Crippen LogP) is 2.53. The molecule has 226 valence electrons. The molecular formula is C31H32BClN6O5. The molecule has 3 aromatic carbocycles. The third-order valence-electron chi connectivity index (χ3n) is 7.09. The van der Waals surface area contributed by atoms with Crippen LogP contribution < -0.4 is 20.8 Å². The number of amides is 2. The van der Waals surface area contributed by atoms with Gasteiger partial charge in [-0.3, -0.25) is 19.1 Å². The Kier molecular flexibility index (Phi) is 9.74. The second-order valence-corrected chi connectivity index (χ2v) is 10.7. The first-order valence-corrected chi connectivity index (χ1v) is 14.7. The highest BCUT2D eigenvalue weighted by atomic mass is 35.5. The zero-order valence-corrected chi connectivity index (χ0v) is 25.1. The molecule has 0 unspecified atom stereocenters. The Bertz CT molecular complexity index is 1690. The first-order chi connectivity index (χ1) is 21.2. The molecule has 0 saturated carbocycles. The number of hydrogen-bond acceptors (Lipinski definition) is 8. The van der Waals surface area contributed by atoms with Crippen LogP contribution in [-0.4, -0.2) is 69.2 Å². The molecule has 0 spiro atoms. The van der Waals surface area contributed by atoms with Gasteiger partial charge in [-0.05, 0) is 68.2 Å². The number of aliphatic imine (C=N–C) groups is 1. The van der Waals surface area contributed by atoms with Crippen molar-refractivity contribution in [3.63, 3.8) is 0 Å². The molecule has 1 aliphatic rings. The Morgan fingerprint density at radius 1 is 1.05 bits per heavy atom. The van der Waals surface area contributed by atoms with Gasteiger partial charge in [0, 0.05) is 34.8 Å². The molecule has 44 heavy (non-hydrogen) atoms. The van der Waals surface area contributed by atoms with Crippen LogP contribution >= 0.6 is 11.6 Å². The van der Waals surface area contributed by atoms with Gasteiger partial charge in [-0.25, -0.2) is 0 Å². The summed E-state index contributed by atoms with van der Waals surface area (Å²) in [5, 5.41) is 33.7. The number of carbonyl (C=O) groups is 2. The molecule has 1 aliphatic heterocycles. The normalized spacial score (nSPS) is 13.7. The van der Waals surface area contributed by atoms with E-state index >= 15 is 0 Å². The summed E-state index contributed by atoms with van der Waals surface area (Å²) in [6, 6.07) is 18.7. The van der Waals surface area contributed by atoms with Crippen molar-refractivity contribution in [2.75, 3.05) is 19.7 Å². The van der Waals surface area contributed by atoms with E-state index in [1.165, 1.54) is 12.1 Å². The van der Waals surface area contributed by atoms with Gasteiger partial charge >= 0.3 is 7.12 Å². The molecular weight excluding hydrogens is 583 g/mol. The lowest BCUT2D eigenvalue weighted by atomic mass is 9.79. The van der Waals surface area contributed by atoms with Gasteiger partial charge in [0.2, 0.25) is 5.91 Å². The maximum Gasteiger partial charge on any atom is 0.488 e. The molecule has 1 atom stereocenters. The molecule has 0 saturated heterocycles. The standard InChI is InChI=1S/C31H32BClN6O5/c1-3-34-28(40)18-26-30-38-37-19(2)39(30)27-13-12-24(17-25(27)29(36-26)20-8-10-23(33)11-9-20)44-15-5-14-35-31(41)21-6-4-7-22(16-21)32(42)43/h4,6-13,16-17,26,42-43H,3,5,14-15,18H2,1-2H3,(H,34,40)(H,35,41)/t26-/m0/s1. The van der Waals surface area contributed by atoms with Crippen LogP contribution in [0.5, 0.6) is 5.75 Å². The van der Waals surface area contributed by atoms with Gasteiger partial charge in [-0.15, -0.1) is 10.2 Å². The second-order valence-electron chi connectivity index (χ2n) is 10.2. The van der Waals surface area contributed by atoms with Crippen molar-refractivity contribution in [1.29, 1.82) is 0 Å². The smallest absolute Gasteiger partial charge is 0.488 e. The average Bonchev–Trinajstić information content (AvgIpc) is 3.34. The number of aryl methyl sites for hydroxylation is 1. The lowest BCUT2D eigenvalue weighted by Gasteiger charge is -2.15. The minimum Gasteiger partial charge on any atom is -0.494 e. The first kappa shape index (κ1) is 30.9. The van der Waals surface area contributed by atoms with Crippen LogP contribution in [0.15, 0.2) is 71.7 Å². The van der Waals surface area contributed by atoms with E-state index in [0.29, 0.717) is 59.8 Å². The molecule has 0 aliphatic carbocycles. The Labute approximate surface area is 260 Å². The van der Waals surface area contributed by atoms with E-state index in [2.05, 4.69) is 20.8 Å². The number of hydrogen-bond donors (Lipinski definition) is 4. The molecule has 4 aromatic rings. The van der Waals surface area contributed by atoms with Crippen LogP contribution in [0.25, 0.3) is 5.69 Å². The summed E-state index contributed by atoms with van der Waals surface area (Å²) in [5.74, 6) is 1.39. The summed E-state index contributed by atoms with van der Waals surface area (Å²) in [5.41, 5.74) is 3.67. The van der Waals surface area contributed by atoms with Crippen LogP contribution in [0, 0.1) is 6.92 Å². The van der Waals surface area contributed by atoms with Crippen molar-refractivity contribution >= 4 is 41.7 Å². The number of carbonyl (C=O) groups excluding carboxylic acids is 2. The van der Waals surface area contributed by atoms with E-state index in [9.17, 15) is 19.6 Å². The Hall–Kier alpha value is -4.52. The minimum absolute atomic E-state index is 0.108. The van der Waals surface area contributed by atoms with Gasteiger partial charge in [-0.1, -0.05) is 35.9 Å². The summed E-state index contributed by atoms with van der Waals surface area (Å²) in [6.45, 7) is 4.93. The molecule has 5 rings (SSSR count). The molecule has 0 radical (unpaired) electrons. The van der Waals surface area contributed by atoms with E-state index in [4.69, 9.17) is 21.3 Å². The topological polar surface area (TPSA) is 151 Å². The summed E-state index contributed by atoms with van der Waals surface area (Å²) in [6.07, 6.45) is 0.642. The fourth-order valence-corrected chi connectivity index (χ4v) is 5.12. The van der Waals surface area contributed by atoms with Crippen molar-refractivity contribution in [2.24, 2.45) is 4.99 Å². The van der Waals surface area contributed by atoms with Crippen molar-refractivity contribution < 1.29 is 24.4 Å². The SMILES string of the molecule is CCNC(=O)C[C@@H]1N=C(c2ccc(Cl)cc2)c2cc(OCCCNC(=O)c3cccc(B(O)O)c3)ccc2-n2c(C)nnc21. The number of benzene rings is 3. The van der Waals surface area contributed by atoms with Crippen LogP contribution in [-0.2, 0) is 4.79 Å². The van der Waals surface area contributed by atoms with Crippen LogP contribution in [0.2, 0.25) is 5.02 Å². The molecule has 11 nitrogen and oxygen atoms in total. The lowest BCUT2D eigenvalue weighted by molar-refractivity contribution is -0.121. The molecule has 0 bridgehead atoms. The summed E-state index contributed by atoms with van der Waals surface area (Å²) in [4.78, 5) is 30.2. The van der Waals surface area contributed by atoms with Crippen LogP contribution in [0.1, 0.15) is 58.9 Å². The summed E-state index contributed by atoms with van der Waals surface area (Å²) >= 11 is 6.19. The fraction of sp³-hybridized carbons (Fsp3) is 0.258. The van der Waals surface area contributed by atoms with Gasteiger partial charge < -0.3 is 25.4 Å². The van der Waals surface area contributed by atoms with Crippen molar-refractivity contribution in [2.45, 2.75) is 32.7 Å². The molecule has 13 heteroatoms. The van der Waals surface area contributed by atoms with Crippen molar-refractivity contribution in [3.05, 3.63) is 100 Å². The molecule has 1 aromatic heterocycles. The third kappa shape index (κ3) is 6.99. The number of rotatable bonds is 11. The zero-order chi connectivity index (χ0) is 31.2. The number of fused-ring (bicyclic) bond motifs is 3. The van der Waals surface area contributed by atoms with Crippen LogP contribution in [0.4, 0.5) is 0 Å². The molecule has 0 fully saturated rings. The number of halogens is 1. The Balaban J connectivity index is 1.36. The van der Waals surface area contributed by atoms with Gasteiger partial charge in [0.15, 0.2) is 5.82 Å². The second kappa shape index (κ2) is 13.9. The number of nitrogens with one attached hydrogen (secondary N) is 2. The molecule has 2 heterocycles. The highest BCUT2D eigenvalue weighted by Gasteiger charge is 2.30. The van der Waals surface area contributed by atoms with E-state index in [1.807, 2.05) is 48.7 Å². The molecule has 4 N–H and O–H groups in total. The maximum absolute atomic E-state index is 12.7. The van der Waals surface area contributed by atoms with Crippen molar-refractivity contribution in [1.82, 2.24) is 25.4 Å². The summed E-state index contributed by atoms with van der Waals surface area (Å²) in [7, 11) is -1.64.